The maximum absolute atomic E-state index is 11.3. The summed E-state index contributed by atoms with van der Waals surface area (Å²) in [5.41, 5.74) is 0. The normalized spacial score (nSPS) is 15.2. The Labute approximate surface area is 98.1 Å². The molecule has 0 rings (SSSR count). The second-order valence-corrected chi connectivity index (χ2v) is 3.72. The lowest BCUT2D eigenvalue weighted by Gasteiger charge is -2.14. The molecule has 0 saturated carbocycles. The molecule has 0 spiro atoms. The Bertz CT molecular complexity index is 220. The lowest BCUT2D eigenvalue weighted by molar-refractivity contribution is 0.00916. The largest absolute Gasteiger partial charge is 0.508 e. The number of ether oxygens (including phenoxy) is 2. The molecular weight excluding hydrogens is 204 g/mol. The van der Waals surface area contributed by atoms with Gasteiger partial charge in [0, 0.05) is 12.8 Å². The summed E-state index contributed by atoms with van der Waals surface area (Å²) in [7, 11) is 0. The van der Waals surface area contributed by atoms with Crippen LogP contribution in [0.4, 0.5) is 4.79 Å². The predicted molar refractivity (Wildman–Crippen MR) is 65.4 cm³/mol. The number of carbonyl (C=O) groups excluding carboxylic acids is 1. The zero-order chi connectivity index (χ0) is 12.4. The first-order valence-corrected chi connectivity index (χ1v) is 5.69. The van der Waals surface area contributed by atoms with E-state index >= 15 is 0 Å². The standard InChI is InChI=1S/C13H22O3/c1-5-7-9-11(3)15-13(14)16-12(4)10-8-6-2/h5-8,11-12H,9-10H2,1-4H3/b7-5+,8-6+. The molecule has 0 N–H and O–H groups in total. The number of hydrogen-bond donors (Lipinski definition) is 0. The van der Waals surface area contributed by atoms with Gasteiger partial charge in [-0.05, 0) is 27.7 Å². The van der Waals surface area contributed by atoms with Crippen molar-refractivity contribution in [2.24, 2.45) is 0 Å². The highest BCUT2D eigenvalue weighted by molar-refractivity contribution is 5.60. The average molecular weight is 226 g/mol. The van der Waals surface area contributed by atoms with E-state index in [2.05, 4.69) is 0 Å². The number of rotatable bonds is 6. The van der Waals surface area contributed by atoms with Crippen molar-refractivity contribution >= 4 is 6.16 Å². The van der Waals surface area contributed by atoms with Crippen molar-refractivity contribution < 1.29 is 14.3 Å². The van der Waals surface area contributed by atoms with E-state index in [0.717, 1.165) is 12.8 Å². The van der Waals surface area contributed by atoms with E-state index in [1.807, 2.05) is 52.0 Å². The summed E-state index contributed by atoms with van der Waals surface area (Å²) >= 11 is 0. The monoisotopic (exact) mass is 226 g/mol. The van der Waals surface area contributed by atoms with Gasteiger partial charge in [-0.15, -0.1) is 0 Å². The second kappa shape index (κ2) is 9.01. The first-order chi connectivity index (χ1) is 7.60. The molecule has 3 heteroatoms. The first kappa shape index (κ1) is 14.8. The van der Waals surface area contributed by atoms with Crippen molar-refractivity contribution in [1.29, 1.82) is 0 Å². The van der Waals surface area contributed by atoms with Crippen LogP contribution in [0.1, 0.15) is 40.5 Å². The van der Waals surface area contributed by atoms with Crippen molar-refractivity contribution in [2.75, 3.05) is 0 Å². The molecule has 2 unspecified atom stereocenters. The van der Waals surface area contributed by atoms with E-state index < -0.39 is 6.16 Å². The highest BCUT2D eigenvalue weighted by Crippen LogP contribution is 2.05. The van der Waals surface area contributed by atoms with Crippen LogP contribution in [0.25, 0.3) is 0 Å². The van der Waals surface area contributed by atoms with Gasteiger partial charge in [0.15, 0.2) is 0 Å². The van der Waals surface area contributed by atoms with Crippen molar-refractivity contribution in [3.63, 3.8) is 0 Å². The lowest BCUT2D eigenvalue weighted by Crippen LogP contribution is -2.20. The molecule has 0 aliphatic rings. The third-order valence-electron chi connectivity index (χ3n) is 2.00. The fraction of sp³-hybridized carbons (Fsp3) is 0.615. The maximum Gasteiger partial charge on any atom is 0.508 e. The molecule has 0 radical (unpaired) electrons. The van der Waals surface area contributed by atoms with Crippen molar-refractivity contribution in [2.45, 2.75) is 52.7 Å². The summed E-state index contributed by atoms with van der Waals surface area (Å²) in [5, 5.41) is 0. The van der Waals surface area contributed by atoms with Gasteiger partial charge in [0.1, 0.15) is 12.2 Å². The molecule has 2 atom stereocenters. The Balaban J connectivity index is 3.80. The summed E-state index contributed by atoms with van der Waals surface area (Å²) in [6.07, 6.45) is 8.34. The molecule has 92 valence electrons. The van der Waals surface area contributed by atoms with Crippen LogP contribution in [0.3, 0.4) is 0 Å². The second-order valence-electron chi connectivity index (χ2n) is 3.72. The smallest absolute Gasteiger partial charge is 0.431 e. The van der Waals surface area contributed by atoms with Gasteiger partial charge in [0.25, 0.3) is 0 Å². The zero-order valence-electron chi connectivity index (χ0n) is 10.6. The number of allylic oxidation sites excluding steroid dienone is 2. The van der Waals surface area contributed by atoms with Crippen LogP contribution >= 0.6 is 0 Å². The zero-order valence-corrected chi connectivity index (χ0v) is 10.6. The molecule has 0 aliphatic heterocycles. The minimum Gasteiger partial charge on any atom is -0.431 e. The van der Waals surface area contributed by atoms with Gasteiger partial charge in [-0.2, -0.15) is 0 Å². The van der Waals surface area contributed by atoms with Crippen LogP contribution in [-0.4, -0.2) is 18.4 Å². The van der Waals surface area contributed by atoms with Crippen molar-refractivity contribution in [1.82, 2.24) is 0 Å². The Morgan fingerprint density at radius 1 is 1.00 bits per heavy atom. The fourth-order valence-electron chi connectivity index (χ4n) is 1.11. The third kappa shape index (κ3) is 8.09. The summed E-state index contributed by atoms with van der Waals surface area (Å²) in [5.74, 6) is 0. The molecule has 3 nitrogen and oxygen atoms in total. The van der Waals surface area contributed by atoms with Gasteiger partial charge in [-0.3, -0.25) is 0 Å². The van der Waals surface area contributed by atoms with E-state index in [-0.39, 0.29) is 12.2 Å². The van der Waals surface area contributed by atoms with Gasteiger partial charge in [-0.25, -0.2) is 4.79 Å². The molecular formula is C13H22O3. The van der Waals surface area contributed by atoms with Crippen LogP contribution in [0.2, 0.25) is 0 Å². The summed E-state index contributed by atoms with van der Waals surface area (Å²) in [4.78, 5) is 11.3. The van der Waals surface area contributed by atoms with Gasteiger partial charge in [0.2, 0.25) is 0 Å². The molecule has 0 heterocycles. The Kier molecular flexibility index (Phi) is 8.31. The molecule has 0 bridgehead atoms. The van der Waals surface area contributed by atoms with Crippen molar-refractivity contribution in [3.05, 3.63) is 24.3 Å². The van der Waals surface area contributed by atoms with Crippen LogP contribution in [0.5, 0.6) is 0 Å². The van der Waals surface area contributed by atoms with E-state index in [0.29, 0.717) is 0 Å². The molecule has 0 aromatic carbocycles. The van der Waals surface area contributed by atoms with E-state index in [4.69, 9.17) is 9.47 Å². The highest BCUT2D eigenvalue weighted by Gasteiger charge is 2.12. The van der Waals surface area contributed by atoms with E-state index in [9.17, 15) is 4.79 Å². The molecule has 0 aromatic heterocycles. The average Bonchev–Trinajstić information content (AvgIpc) is 2.23. The minimum absolute atomic E-state index is 0.141. The molecule has 0 aliphatic carbocycles. The summed E-state index contributed by atoms with van der Waals surface area (Å²) < 4.78 is 10.1. The van der Waals surface area contributed by atoms with Gasteiger partial charge >= 0.3 is 6.16 Å². The third-order valence-corrected chi connectivity index (χ3v) is 2.00. The molecule has 0 fully saturated rings. The van der Waals surface area contributed by atoms with Crippen LogP contribution < -0.4 is 0 Å². The van der Waals surface area contributed by atoms with Crippen LogP contribution in [0, 0.1) is 0 Å². The SMILES string of the molecule is C/C=C/CC(C)OC(=O)OC(C)C/C=C/C. The van der Waals surface area contributed by atoms with E-state index in [1.165, 1.54) is 0 Å². The van der Waals surface area contributed by atoms with Gasteiger partial charge in [-0.1, -0.05) is 24.3 Å². The lowest BCUT2D eigenvalue weighted by atomic mass is 10.2. The van der Waals surface area contributed by atoms with Crippen LogP contribution in [-0.2, 0) is 9.47 Å². The number of hydrogen-bond acceptors (Lipinski definition) is 3. The quantitative estimate of drug-likeness (QED) is 0.509. The van der Waals surface area contributed by atoms with Gasteiger partial charge < -0.3 is 9.47 Å². The Hall–Kier alpha value is -1.25. The summed E-state index contributed by atoms with van der Waals surface area (Å²) in [6, 6.07) is 0. The maximum atomic E-state index is 11.3. The number of carbonyl (C=O) groups is 1. The van der Waals surface area contributed by atoms with Crippen molar-refractivity contribution in [3.8, 4) is 0 Å². The first-order valence-electron chi connectivity index (χ1n) is 5.69. The Morgan fingerprint density at radius 2 is 1.38 bits per heavy atom. The molecule has 0 saturated heterocycles. The van der Waals surface area contributed by atoms with Gasteiger partial charge in [0.05, 0.1) is 0 Å². The Morgan fingerprint density at radius 3 is 1.69 bits per heavy atom. The van der Waals surface area contributed by atoms with Crippen LogP contribution in [0.15, 0.2) is 24.3 Å². The molecule has 0 aromatic rings. The minimum atomic E-state index is -0.589. The fourth-order valence-corrected chi connectivity index (χ4v) is 1.11. The predicted octanol–water partition coefficient (Wildman–Crippen LogP) is 3.85. The molecule has 16 heavy (non-hydrogen) atoms. The molecule has 0 amide bonds. The topological polar surface area (TPSA) is 35.5 Å². The summed E-state index contributed by atoms with van der Waals surface area (Å²) in [6.45, 7) is 7.56. The van der Waals surface area contributed by atoms with E-state index in [1.54, 1.807) is 0 Å². The highest BCUT2D eigenvalue weighted by atomic mass is 16.7.